The third-order valence-electron chi connectivity index (χ3n) is 4.04. The zero-order valence-corrected chi connectivity index (χ0v) is 14.7. The minimum absolute atomic E-state index is 0.0114. The molecule has 3 aromatic rings. The number of hydrogen-bond acceptors (Lipinski definition) is 4. The van der Waals surface area contributed by atoms with Crippen molar-refractivity contribution in [1.82, 2.24) is 10.3 Å². The molecule has 0 saturated heterocycles. The number of rotatable bonds is 7. The SMILES string of the molecule is NC(=O)[C@H](NC(=O)CCc1ncc(-c2ccc(F)cc2F)o1)c1ccccc1. The molecule has 8 heteroatoms. The molecule has 0 radical (unpaired) electrons. The number of benzene rings is 2. The number of halogens is 2. The Bertz CT molecular complexity index is 989. The Labute approximate surface area is 159 Å². The molecule has 28 heavy (non-hydrogen) atoms. The van der Waals surface area contributed by atoms with E-state index >= 15 is 0 Å². The second-order valence-electron chi connectivity index (χ2n) is 6.06. The summed E-state index contributed by atoms with van der Waals surface area (Å²) < 4.78 is 32.2. The number of carbonyl (C=O) groups is 2. The zero-order valence-electron chi connectivity index (χ0n) is 14.7. The topological polar surface area (TPSA) is 98.2 Å². The van der Waals surface area contributed by atoms with Gasteiger partial charge in [0.15, 0.2) is 11.7 Å². The van der Waals surface area contributed by atoms with E-state index in [-0.39, 0.29) is 30.1 Å². The van der Waals surface area contributed by atoms with Crippen LogP contribution in [0.2, 0.25) is 0 Å². The molecule has 2 amide bonds. The van der Waals surface area contributed by atoms with Crippen LogP contribution in [0, 0.1) is 11.6 Å². The highest BCUT2D eigenvalue weighted by molar-refractivity contribution is 5.87. The summed E-state index contributed by atoms with van der Waals surface area (Å²) in [6.45, 7) is 0. The number of primary amides is 1. The first-order valence-corrected chi connectivity index (χ1v) is 8.48. The molecule has 0 unspecified atom stereocenters. The van der Waals surface area contributed by atoms with Crippen molar-refractivity contribution in [2.24, 2.45) is 5.73 Å². The molecule has 3 N–H and O–H groups in total. The number of oxazole rings is 1. The van der Waals surface area contributed by atoms with Crippen LogP contribution in [-0.4, -0.2) is 16.8 Å². The van der Waals surface area contributed by atoms with Crippen molar-refractivity contribution in [3.8, 4) is 11.3 Å². The van der Waals surface area contributed by atoms with Crippen molar-refractivity contribution in [1.29, 1.82) is 0 Å². The summed E-state index contributed by atoms with van der Waals surface area (Å²) in [5.74, 6) is -2.21. The predicted octanol–water partition coefficient (Wildman–Crippen LogP) is 2.90. The van der Waals surface area contributed by atoms with E-state index in [1.165, 1.54) is 12.3 Å². The lowest BCUT2D eigenvalue weighted by atomic mass is 10.1. The van der Waals surface area contributed by atoms with Crippen molar-refractivity contribution < 1.29 is 22.8 Å². The van der Waals surface area contributed by atoms with E-state index in [9.17, 15) is 18.4 Å². The average Bonchev–Trinajstić information content (AvgIpc) is 3.13. The zero-order chi connectivity index (χ0) is 20.1. The van der Waals surface area contributed by atoms with Crippen LogP contribution in [0.5, 0.6) is 0 Å². The Morgan fingerprint density at radius 2 is 1.89 bits per heavy atom. The van der Waals surface area contributed by atoms with Gasteiger partial charge in [-0.1, -0.05) is 30.3 Å². The molecule has 1 aromatic heterocycles. The molecule has 0 fully saturated rings. The fourth-order valence-electron chi connectivity index (χ4n) is 2.66. The van der Waals surface area contributed by atoms with Gasteiger partial charge in [0.1, 0.15) is 17.7 Å². The van der Waals surface area contributed by atoms with Gasteiger partial charge in [-0.2, -0.15) is 0 Å². The Morgan fingerprint density at radius 1 is 1.14 bits per heavy atom. The minimum Gasteiger partial charge on any atom is -0.441 e. The van der Waals surface area contributed by atoms with Crippen molar-refractivity contribution in [2.75, 3.05) is 0 Å². The molecule has 0 saturated carbocycles. The Hall–Kier alpha value is -3.55. The summed E-state index contributed by atoms with van der Waals surface area (Å²) in [5.41, 5.74) is 6.02. The maximum absolute atomic E-state index is 13.8. The highest BCUT2D eigenvalue weighted by Gasteiger charge is 2.20. The van der Waals surface area contributed by atoms with Crippen LogP contribution in [0.4, 0.5) is 8.78 Å². The molecule has 0 aliphatic rings. The van der Waals surface area contributed by atoms with E-state index in [0.717, 1.165) is 12.1 Å². The normalized spacial score (nSPS) is 11.8. The smallest absolute Gasteiger partial charge is 0.244 e. The number of nitrogens with two attached hydrogens (primary N) is 1. The van der Waals surface area contributed by atoms with Gasteiger partial charge in [0.25, 0.3) is 0 Å². The van der Waals surface area contributed by atoms with E-state index in [1.807, 2.05) is 0 Å². The molecule has 6 nitrogen and oxygen atoms in total. The summed E-state index contributed by atoms with van der Waals surface area (Å²) in [6.07, 6.45) is 1.43. The van der Waals surface area contributed by atoms with Crippen molar-refractivity contribution in [2.45, 2.75) is 18.9 Å². The van der Waals surface area contributed by atoms with Crippen LogP contribution in [0.15, 0.2) is 59.1 Å². The highest BCUT2D eigenvalue weighted by Crippen LogP contribution is 2.24. The molecular formula is C20H17F2N3O3. The van der Waals surface area contributed by atoms with Crippen molar-refractivity contribution >= 4 is 11.8 Å². The number of hydrogen-bond donors (Lipinski definition) is 2. The first kappa shape index (κ1) is 19.2. The monoisotopic (exact) mass is 385 g/mol. The lowest BCUT2D eigenvalue weighted by molar-refractivity contribution is -0.127. The van der Waals surface area contributed by atoms with Gasteiger partial charge in [-0.3, -0.25) is 9.59 Å². The summed E-state index contributed by atoms with van der Waals surface area (Å²) in [4.78, 5) is 27.8. The van der Waals surface area contributed by atoms with Crippen LogP contribution in [0.3, 0.4) is 0 Å². The highest BCUT2D eigenvalue weighted by atomic mass is 19.1. The van der Waals surface area contributed by atoms with Crippen LogP contribution >= 0.6 is 0 Å². The quantitative estimate of drug-likeness (QED) is 0.653. The second kappa shape index (κ2) is 8.43. The first-order chi connectivity index (χ1) is 13.4. The minimum atomic E-state index is -0.942. The Kier molecular flexibility index (Phi) is 5.78. The molecular weight excluding hydrogens is 368 g/mol. The lowest BCUT2D eigenvalue weighted by Crippen LogP contribution is -2.37. The van der Waals surface area contributed by atoms with Gasteiger partial charge in [-0.05, 0) is 17.7 Å². The molecule has 0 bridgehead atoms. The van der Waals surface area contributed by atoms with Crippen molar-refractivity contribution in [3.05, 3.63) is 77.8 Å². The molecule has 0 aliphatic heterocycles. The van der Waals surface area contributed by atoms with Crippen LogP contribution in [0.25, 0.3) is 11.3 Å². The maximum atomic E-state index is 13.8. The van der Waals surface area contributed by atoms with Crippen molar-refractivity contribution in [3.63, 3.8) is 0 Å². The Balaban J connectivity index is 1.62. The fraction of sp³-hybridized carbons (Fsp3) is 0.150. The van der Waals surface area contributed by atoms with Gasteiger partial charge in [0.05, 0.1) is 11.8 Å². The lowest BCUT2D eigenvalue weighted by Gasteiger charge is -2.15. The van der Waals surface area contributed by atoms with E-state index in [2.05, 4.69) is 10.3 Å². The number of nitrogens with one attached hydrogen (secondary N) is 1. The van der Waals surface area contributed by atoms with Gasteiger partial charge in [-0.15, -0.1) is 0 Å². The van der Waals surface area contributed by atoms with Gasteiger partial charge < -0.3 is 15.5 Å². The number of amides is 2. The van der Waals surface area contributed by atoms with E-state index < -0.39 is 29.5 Å². The van der Waals surface area contributed by atoms with Gasteiger partial charge in [0, 0.05) is 18.9 Å². The van der Waals surface area contributed by atoms with E-state index in [1.54, 1.807) is 30.3 Å². The summed E-state index contributed by atoms with van der Waals surface area (Å²) in [6, 6.07) is 10.8. The van der Waals surface area contributed by atoms with Crippen LogP contribution in [-0.2, 0) is 16.0 Å². The van der Waals surface area contributed by atoms with Gasteiger partial charge in [0.2, 0.25) is 11.8 Å². The number of aryl methyl sites for hydroxylation is 1. The number of carbonyl (C=O) groups excluding carboxylic acids is 2. The van der Waals surface area contributed by atoms with Gasteiger partial charge >= 0.3 is 0 Å². The molecule has 2 aromatic carbocycles. The summed E-state index contributed by atoms with van der Waals surface area (Å²) in [5, 5.41) is 2.57. The molecule has 3 rings (SSSR count). The largest absolute Gasteiger partial charge is 0.441 e. The number of nitrogens with zero attached hydrogens (tertiary/aromatic N) is 1. The van der Waals surface area contributed by atoms with Crippen LogP contribution < -0.4 is 11.1 Å². The maximum Gasteiger partial charge on any atom is 0.244 e. The Morgan fingerprint density at radius 3 is 2.57 bits per heavy atom. The molecule has 1 atom stereocenters. The molecule has 144 valence electrons. The summed E-state index contributed by atoms with van der Waals surface area (Å²) in [7, 11) is 0. The second-order valence-corrected chi connectivity index (χ2v) is 6.06. The molecule has 1 heterocycles. The van der Waals surface area contributed by atoms with E-state index in [4.69, 9.17) is 10.2 Å². The molecule has 0 spiro atoms. The third-order valence-corrected chi connectivity index (χ3v) is 4.04. The standard InChI is InChI=1S/C20H17F2N3O3/c21-13-6-7-14(15(22)10-13)16-11-24-18(28-16)9-8-17(26)25-19(20(23)27)12-4-2-1-3-5-12/h1-7,10-11,19H,8-9H2,(H2,23,27)(H,25,26)/t19-/m1/s1. The number of aromatic nitrogens is 1. The third kappa shape index (κ3) is 4.59. The average molecular weight is 385 g/mol. The van der Waals surface area contributed by atoms with Gasteiger partial charge in [-0.25, -0.2) is 13.8 Å². The van der Waals surface area contributed by atoms with Crippen LogP contribution in [0.1, 0.15) is 23.9 Å². The predicted molar refractivity (Wildman–Crippen MR) is 96.7 cm³/mol. The first-order valence-electron chi connectivity index (χ1n) is 8.48. The fourth-order valence-corrected chi connectivity index (χ4v) is 2.66. The summed E-state index contributed by atoms with van der Waals surface area (Å²) >= 11 is 0. The molecule has 0 aliphatic carbocycles. The van der Waals surface area contributed by atoms with E-state index in [0.29, 0.717) is 5.56 Å².